The molecule has 0 fully saturated rings. The monoisotopic (exact) mass is 516 g/mol. The second-order valence-electron chi connectivity index (χ2n) is 5.74. The predicted molar refractivity (Wildman–Crippen MR) is 103 cm³/mol. The molecule has 166 valence electrons. The number of hydrogen-bond acceptors (Lipinski definition) is 12. The zero-order valence-corrected chi connectivity index (χ0v) is 16.5. The van der Waals surface area contributed by atoms with E-state index in [4.69, 9.17) is 0 Å². The number of benzene rings is 2. The van der Waals surface area contributed by atoms with Crippen molar-refractivity contribution in [3.63, 3.8) is 0 Å². The van der Waals surface area contributed by atoms with Crippen LogP contribution in [-0.2, 0) is 6.42 Å². The third-order valence-electron chi connectivity index (χ3n) is 4.02. The third kappa shape index (κ3) is 4.26. The fraction of sp³-hybridized carbons (Fsp3) is 0.0769. The van der Waals surface area contributed by atoms with Gasteiger partial charge in [0.2, 0.25) is 0 Å². The molecule has 18 nitrogen and oxygen atoms in total. The van der Waals surface area contributed by atoms with Crippen molar-refractivity contribution in [2.24, 2.45) is 0 Å². The maximum atomic E-state index is 11.5. The summed E-state index contributed by atoms with van der Waals surface area (Å²) in [5.74, 6) is 0. The molecule has 0 saturated heterocycles. The lowest BCUT2D eigenvalue weighted by Gasteiger charge is -2.08. The van der Waals surface area contributed by atoms with Gasteiger partial charge in [-0.2, -0.15) is 0 Å². The van der Waals surface area contributed by atoms with E-state index in [1.165, 1.54) is 0 Å². The summed E-state index contributed by atoms with van der Waals surface area (Å²) in [6.45, 7) is 0. The van der Waals surface area contributed by atoms with Crippen LogP contribution in [0.2, 0.25) is 0 Å². The van der Waals surface area contributed by atoms with E-state index >= 15 is 0 Å². The van der Waals surface area contributed by atoms with Gasteiger partial charge in [0.15, 0.2) is 4.47 Å². The van der Waals surface area contributed by atoms with Crippen LogP contribution >= 0.6 is 15.9 Å². The van der Waals surface area contributed by atoms with E-state index in [0.717, 1.165) is 0 Å². The molecule has 32 heavy (non-hydrogen) atoms. The number of nitro benzene ring substituents is 6. The number of nitrogens with zero attached hydrogens (tertiary/aromatic N) is 6. The second-order valence-corrected chi connectivity index (χ2v) is 6.53. The molecule has 0 unspecified atom stereocenters. The highest BCUT2D eigenvalue weighted by molar-refractivity contribution is 9.10. The van der Waals surface area contributed by atoms with E-state index in [-0.39, 0.29) is 0 Å². The number of hydrogen-bond donors (Lipinski definition) is 0. The number of halogens is 1. The lowest BCUT2D eigenvalue weighted by molar-refractivity contribution is -0.405. The summed E-state index contributed by atoms with van der Waals surface area (Å²) in [5.41, 5.74) is -8.81. The molecule has 0 spiro atoms. The van der Waals surface area contributed by atoms with Crippen LogP contribution in [0, 0.1) is 60.7 Å². The fourth-order valence-corrected chi connectivity index (χ4v) is 3.38. The van der Waals surface area contributed by atoms with Gasteiger partial charge in [-0.3, -0.25) is 60.7 Å². The normalized spacial score (nSPS) is 10.4. The highest BCUT2D eigenvalue weighted by Gasteiger charge is 2.39. The van der Waals surface area contributed by atoms with Crippen molar-refractivity contribution in [3.05, 3.63) is 94.5 Å². The Labute approximate surface area is 181 Å². The maximum Gasteiger partial charge on any atom is 0.300 e. The van der Waals surface area contributed by atoms with Crippen LogP contribution in [0.25, 0.3) is 0 Å². The highest BCUT2D eigenvalue weighted by Crippen LogP contribution is 2.45. The van der Waals surface area contributed by atoms with Crippen molar-refractivity contribution in [1.29, 1.82) is 0 Å². The van der Waals surface area contributed by atoms with Gasteiger partial charge in [-0.05, 0) is 15.9 Å². The van der Waals surface area contributed by atoms with E-state index in [1.54, 1.807) is 0 Å². The fourth-order valence-electron chi connectivity index (χ4n) is 2.73. The summed E-state index contributed by atoms with van der Waals surface area (Å²) in [5, 5.41) is 67.9. The number of rotatable bonds is 8. The van der Waals surface area contributed by atoms with Gasteiger partial charge in [-0.15, -0.1) is 0 Å². The average Bonchev–Trinajstić information content (AvgIpc) is 2.66. The molecule has 0 heterocycles. The van der Waals surface area contributed by atoms with Crippen LogP contribution in [0.5, 0.6) is 0 Å². The smallest absolute Gasteiger partial charge is 0.258 e. The van der Waals surface area contributed by atoms with Crippen molar-refractivity contribution in [1.82, 2.24) is 0 Å². The Morgan fingerprint density at radius 1 is 0.562 bits per heavy atom. The van der Waals surface area contributed by atoms with Crippen molar-refractivity contribution in [3.8, 4) is 0 Å². The van der Waals surface area contributed by atoms with Gasteiger partial charge in [-0.1, -0.05) is 0 Å². The SMILES string of the molecule is O=[N+]([O-])c1cc([N+](=O)[O-])c(Cc2c([N+](=O)[O-])cc([N+](=O)[O-])c(Br)c2[N+](=O)[O-])c([N+](=O)[O-])c1. The Hall–Kier alpha value is -4.68. The topological polar surface area (TPSA) is 259 Å². The van der Waals surface area contributed by atoms with Gasteiger partial charge in [0, 0.05) is 6.42 Å². The first-order chi connectivity index (χ1) is 14.8. The van der Waals surface area contributed by atoms with Crippen molar-refractivity contribution in [2.45, 2.75) is 6.42 Å². The molecular weight excluding hydrogens is 512 g/mol. The molecule has 0 aliphatic rings. The Kier molecular flexibility index (Phi) is 6.33. The first-order valence-corrected chi connectivity index (χ1v) is 8.45. The van der Waals surface area contributed by atoms with Crippen LogP contribution < -0.4 is 0 Å². The van der Waals surface area contributed by atoms with Gasteiger partial charge in [0.1, 0.15) is 11.1 Å². The molecule has 0 amide bonds. The minimum absolute atomic E-state index is 0.343. The van der Waals surface area contributed by atoms with Crippen molar-refractivity contribution in [2.75, 3.05) is 0 Å². The summed E-state index contributed by atoms with van der Waals surface area (Å²) < 4.78 is -0.819. The van der Waals surface area contributed by atoms with Gasteiger partial charge in [-0.25, -0.2) is 0 Å². The first kappa shape index (κ1) is 23.6. The van der Waals surface area contributed by atoms with Gasteiger partial charge < -0.3 is 0 Å². The standard InChI is InChI=1S/C13H5BrN6O12/c14-12-11(19(29)30)4-10(18(27)28)7(13(12)20(31)32)3-6-8(16(23)24)1-5(15(21)22)2-9(6)17(25)26/h1-2,4H,3H2. The Balaban J connectivity index is 3.00. The summed E-state index contributed by atoms with van der Waals surface area (Å²) in [4.78, 5) is 60.6. The Bertz CT molecular complexity index is 1210. The van der Waals surface area contributed by atoms with Gasteiger partial charge in [0.05, 0.1) is 47.7 Å². The molecule has 2 aromatic rings. The molecule has 0 aliphatic heterocycles. The van der Waals surface area contributed by atoms with Crippen molar-refractivity contribution >= 4 is 50.1 Å². The Morgan fingerprint density at radius 3 is 1.31 bits per heavy atom. The zero-order chi connectivity index (χ0) is 24.5. The van der Waals surface area contributed by atoms with Crippen LogP contribution in [0.3, 0.4) is 0 Å². The molecule has 0 N–H and O–H groups in total. The quantitative estimate of drug-likeness (QED) is 0.360. The second kappa shape index (κ2) is 8.59. The molecule has 0 bridgehead atoms. The maximum absolute atomic E-state index is 11.5. The molecule has 0 saturated carbocycles. The Morgan fingerprint density at radius 2 is 0.969 bits per heavy atom. The van der Waals surface area contributed by atoms with E-state index in [9.17, 15) is 60.7 Å². The summed E-state index contributed by atoms with van der Waals surface area (Å²) in [7, 11) is 0. The summed E-state index contributed by atoms with van der Waals surface area (Å²) in [6, 6.07) is 1.04. The molecule has 0 radical (unpaired) electrons. The molecule has 2 aromatic carbocycles. The molecule has 0 aromatic heterocycles. The van der Waals surface area contributed by atoms with E-state index in [0.29, 0.717) is 18.2 Å². The molecule has 0 aliphatic carbocycles. The van der Waals surface area contributed by atoms with Crippen LogP contribution in [0.4, 0.5) is 34.1 Å². The van der Waals surface area contributed by atoms with E-state index in [2.05, 4.69) is 15.9 Å². The molecule has 19 heteroatoms. The average molecular weight is 517 g/mol. The minimum Gasteiger partial charge on any atom is -0.258 e. The zero-order valence-electron chi connectivity index (χ0n) is 14.9. The molecule has 2 rings (SSSR count). The van der Waals surface area contributed by atoms with Crippen LogP contribution in [0.1, 0.15) is 11.1 Å². The summed E-state index contributed by atoms with van der Waals surface area (Å²) >= 11 is 2.59. The molecule has 0 atom stereocenters. The first-order valence-electron chi connectivity index (χ1n) is 7.66. The largest absolute Gasteiger partial charge is 0.300 e. The van der Waals surface area contributed by atoms with Crippen molar-refractivity contribution < 1.29 is 29.5 Å². The highest BCUT2D eigenvalue weighted by atomic mass is 79.9. The van der Waals surface area contributed by atoms with Gasteiger partial charge in [0.25, 0.3) is 28.4 Å². The minimum atomic E-state index is -1.25. The van der Waals surface area contributed by atoms with Crippen LogP contribution in [0.15, 0.2) is 22.7 Å². The third-order valence-corrected chi connectivity index (χ3v) is 4.80. The predicted octanol–water partition coefficient (Wildman–Crippen LogP) is 3.49. The summed E-state index contributed by atoms with van der Waals surface area (Å²) in [6.07, 6.45) is -1.19. The van der Waals surface area contributed by atoms with E-state index in [1.807, 2.05) is 0 Å². The molecular formula is C13H5BrN6O12. The van der Waals surface area contributed by atoms with Gasteiger partial charge >= 0.3 is 5.69 Å². The number of non-ortho nitro benzene ring substituents is 1. The van der Waals surface area contributed by atoms with E-state index < -0.39 is 85.7 Å². The van der Waals surface area contributed by atoms with Crippen LogP contribution in [-0.4, -0.2) is 29.5 Å². The number of nitro groups is 6. The lowest BCUT2D eigenvalue weighted by atomic mass is 9.97. The lowest BCUT2D eigenvalue weighted by Crippen LogP contribution is -2.08.